The van der Waals surface area contributed by atoms with Crippen molar-refractivity contribution in [3.63, 3.8) is 0 Å². The topological polar surface area (TPSA) is 72.2 Å². The van der Waals surface area contributed by atoms with Gasteiger partial charge in [-0.25, -0.2) is 17.5 Å². The average molecular weight is 246 g/mol. The van der Waals surface area contributed by atoms with E-state index >= 15 is 0 Å². The van der Waals surface area contributed by atoms with E-state index in [1.54, 1.807) is 0 Å². The molecule has 4 nitrogen and oxygen atoms in total. The maximum atomic E-state index is 13.2. The van der Waals surface area contributed by atoms with Gasteiger partial charge in [0.05, 0.1) is 0 Å². The summed E-state index contributed by atoms with van der Waals surface area (Å²) in [6, 6.07) is 5.26. The Balaban J connectivity index is 2.83. The largest absolute Gasteiger partial charge is 0.330 e. The van der Waals surface area contributed by atoms with Gasteiger partial charge in [-0.1, -0.05) is 19.1 Å². The molecule has 0 heterocycles. The number of sulfonamides is 1. The molecule has 0 aliphatic carbocycles. The average Bonchev–Trinajstić information content (AvgIpc) is 2.26. The number of hydrogen-bond acceptors (Lipinski definition) is 3. The van der Waals surface area contributed by atoms with Crippen molar-refractivity contribution >= 4 is 10.0 Å². The minimum absolute atomic E-state index is 0.0153. The summed E-state index contributed by atoms with van der Waals surface area (Å²) in [6.07, 6.45) is 0. The molecule has 3 N–H and O–H groups in total. The van der Waals surface area contributed by atoms with Gasteiger partial charge in [0.1, 0.15) is 10.7 Å². The monoisotopic (exact) mass is 246 g/mol. The Bertz CT molecular complexity index is 448. The van der Waals surface area contributed by atoms with E-state index in [2.05, 4.69) is 4.72 Å². The van der Waals surface area contributed by atoms with Crippen molar-refractivity contribution in [2.45, 2.75) is 11.8 Å². The molecule has 16 heavy (non-hydrogen) atoms. The van der Waals surface area contributed by atoms with Crippen molar-refractivity contribution in [2.75, 3.05) is 13.1 Å². The van der Waals surface area contributed by atoms with Crippen molar-refractivity contribution in [3.8, 4) is 0 Å². The first-order chi connectivity index (χ1) is 7.47. The maximum absolute atomic E-state index is 13.2. The van der Waals surface area contributed by atoms with Crippen LogP contribution in [0.2, 0.25) is 0 Å². The van der Waals surface area contributed by atoms with Gasteiger partial charge in [-0.2, -0.15) is 0 Å². The summed E-state index contributed by atoms with van der Waals surface area (Å²) in [4.78, 5) is -0.334. The van der Waals surface area contributed by atoms with Crippen molar-refractivity contribution in [1.82, 2.24) is 4.72 Å². The fourth-order valence-electron chi connectivity index (χ4n) is 1.08. The Morgan fingerprint density at radius 1 is 1.44 bits per heavy atom. The van der Waals surface area contributed by atoms with Gasteiger partial charge < -0.3 is 5.73 Å². The van der Waals surface area contributed by atoms with E-state index in [1.807, 2.05) is 6.92 Å². The summed E-state index contributed by atoms with van der Waals surface area (Å²) in [7, 11) is -3.78. The molecule has 1 aromatic rings. The fraction of sp³-hybridized carbons (Fsp3) is 0.400. The quantitative estimate of drug-likeness (QED) is 0.803. The van der Waals surface area contributed by atoms with E-state index in [4.69, 9.17) is 5.73 Å². The fourth-order valence-corrected chi connectivity index (χ4v) is 2.32. The summed E-state index contributed by atoms with van der Waals surface area (Å²) in [5.41, 5.74) is 5.36. The van der Waals surface area contributed by atoms with Crippen molar-refractivity contribution in [2.24, 2.45) is 11.7 Å². The predicted molar refractivity (Wildman–Crippen MR) is 59.8 cm³/mol. The van der Waals surface area contributed by atoms with E-state index in [9.17, 15) is 12.8 Å². The summed E-state index contributed by atoms with van der Waals surface area (Å²) in [5.74, 6) is -0.739. The van der Waals surface area contributed by atoms with Gasteiger partial charge in [0.25, 0.3) is 0 Å². The first-order valence-electron chi connectivity index (χ1n) is 4.91. The molecular weight excluding hydrogens is 231 g/mol. The van der Waals surface area contributed by atoms with Crippen LogP contribution >= 0.6 is 0 Å². The van der Waals surface area contributed by atoms with Crippen LogP contribution in [-0.2, 0) is 10.0 Å². The third kappa shape index (κ3) is 3.26. The molecule has 0 aliphatic rings. The van der Waals surface area contributed by atoms with Crippen LogP contribution in [0.1, 0.15) is 6.92 Å². The van der Waals surface area contributed by atoms with Crippen LogP contribution < -0.4 is 10.5 Å². The highest BCUT2D eigenvalue weighted by atomic mass is 32.2. The van der Waals surface area contributed by atoms with Crippen LogP contribution in [0.15, 0.2) is 29.2 Å². The minimum Gasteiger partial charge on any atom is -0.330 e. The van der Waals surface area contributed by atoms with Crippen molar-refractivity contribution in [1.29, 1.82) is 0 Å². The Morgan fingerprint density at radius 3 is 2.62 bits per heavy atom. The lowest BCUT2D eigenvalue weighted by Gasteiger charge is -2.11. The van der Waals surface area contributed by atoms with E-state index in [0.29, 0.717) is 6.54 Å². The van der Waals surface area contributed by atoms with Crippen LogP contribution in [0.4, 0.5) is 4.39 Å². The Kier molecular flexibility index (Phi) is 4.40. The first-order valence-corrected chi connectivity index (χ1v) is 6.40. The molecular formula is C10H15FN2O2S. The predicted octanol–water partition coefficient (Wildman–Crippen LogP) is 0.699. The highest BCUT2D eigenvalue weighted by Gasteiger charge is 2.18. The van der Waals surface area contributed by atoms with E-state index in [-0.39, 0.29) is 17.4 Å². The molecule has 0 saturated carbocycles. The Hall–Kier alpha value is -0.980. The van der Waals surface area contributed by atoms with Gasteiger partial charge in [-0.05, 0) is 24.6 Å². The Labute approximate surface area is 94.7 Å². The minimum atomic E-state index is -3.78. The van der Waals surface area contributed by atoms with Crippen LogP contribution in [0.3, 0.4) is 0 Å². The van der Waals surface area contributed by atoms with Crippen LogP contribution in [0.25, 0.3) is 0 Å². The van der Waals surface area contributed by atoms with Crippen LogP contribution in [-0.4, -0.2) is 21.5 Å². The summed E-state index contributed by atoms with van der Waals surface area (Å²) in [5, 5.41) is 0. The van der Waals surface area contributed by atoms with Crippen LogP contribution in [0.5, 0.6) is 0 Å². The molecule has 0 spiro atoms. The summed E-state index contributed by atoms with van der Waals surface area (Å²) >= 11 is 0. The number of halogens is 1. The highest BCUT2D eigenvalue weighted by Crippen LogP contribution is 2.13. The lowest BCUT2D eigenvalue weighted by atomic mass is 10.2. The molecule has 0 amide bonds. The Morgan fingerprint density at radius 2 is 2.06 bits per heavy atom. The summed E-state index contributed by atoms with van der Waals surface area (Å²) in [6.45, 7) is 2.39. The molecule has 1 atom stereocenters. The number of hydrogen-bond donors (Lipinski definition) is 2. The van der Waals surface area contributed by atoms with Gasteiger partial charge in [-0.15, -0.1) is 0 Å². The van der Waals surface area contributed by atoms with Crippen LogP contribution in [0, 0.1) is 11.7 Å². The second-order valence-corrected chi connectivity index (χ2v) is 5.36. The molecule has 0 bridgehead atoms. The standard InChI is InChI=1S/C10H15FN2O2S/c1-8(6-12)7-13-16(14,15)10-5-3-2-4-9(10)11/h2-5,8,13H,6-7,12H2,1H3. The molecule has 6 heteroatoms. The van der Waals surface area contributed by atoms with Gasteiger partial charge in [-0.3, -0.25) is 0 Å². The molecule has 1 unspecified atom stereocenters. The lowest BCUT2D eigenvalue weighted by Crippen LogP contribution is -2.31. The van der Waals surface area contributed by atoms with E-state index < -0.39 is 15.8 Å². The molecule has 0 aliphatic heterocycles. The number of nitrogens with one attached hydrogen (secondary N) is 1. The molecule has 0 radical (unpaired) electrons. The molecule has 90 valence electrons. The van der Waals surface area contributed by atoms with Gasteiger partial charge in [0.15, 0.2) is 0 Å². The normalized spacial score (nSPS) is 13.7. The molecule has 0 fully saturated rings. The second kappa shape index (κ2) is 5.38. The molecule has 1 rings (SSSR count). The zero-order valence-electron chi connectivity index (χ0n) is 8.98. The third-order valence-corrected chi connectivity index (χ3v) is 3.61. The molecule has 1 aromatic carbocycles. The van der Waals surface area contributed by atoms with E-state index in [0.717, 1.165) is 6.07 Å². The third-order valence-electron chi connectivity index (χ3n) is 2.15. The molecule has 0 aromatic heterocycles. The second-order valence-electron chi connectivity index (χ2n) is 3.62. The smallest absolute Gasteiger partial charge is 0.243 e. The lowest BCUT2D eigenvalue weighted by molar-refractivity contribution is 0.533. The first kappa shape index (κ1) is 13.1. The van der Waals surface area contributed by atoms with Gasteiger partial charge in [0.2, 0.25) is 10.0 Å². The summed E-state index contributed by atoms with van der Waals surface area (Å²) < 4.78 is 38.9. The van der Waals surface area contributed by atoms with Crippen molar-refractivity contribution in [3.05, 3.63) is 30.1 Å². The molecule has 0 saturated heterocycles. The zero-order chi connectivity index (χ0) is 12.2. The van der Waals surface area contributed by atoms with E-state index in [1.165, 1.54) is 18.2 Å². The highest BCUT2D eigenvalue weighted by molar-refractivity contribution is 7.89. The van der Waals surface area contributed by atoms with Gasteiger partial charge >= 0.3 is 0 Å². The number of rotatable bonds is 5. The zero-order valence-corrected chi connectivity index (χ0v) is 9.80. The number of benzene rings is 1. The van der Waals surface area contributed by atoms with Gasteiger partial charge in [0, 0.05) is 6.54 Å². The number of nitrogens with two attached hydrogens (primary N) is 1. The maximum Gasteiger partial charge on any atom is 0.243 e. The van der Waals surface area contributed by atoms with Crippen molar-refractivity contribution < 1.29 is 12.8 Å². The SMILES string of the molecule is CC(CN)CNS(=O)(=O)c1ccccc1F.